The third-order valence-electron chi connectivity index (χ3n) is 2.32. The molecule has 1 aromatic heterocycles. The molecule has 2 aromatic rings. The van der Waals surface area contributed by atoms with Crippen LogP contribution in [0.25, 0.3) is 0 Å². The fourth-order valence-electron chi connectivity index (χ4n) is 1.39. The largest absolute Gasteiger partial charge is 0.389 e. The molecule has 0 amide bonds. The van der Waals surface area contributed by atoms with E-state index in [1.54, 1.807) is 31.1 Å². The molecule has 4 heteroatoms. The lowest BCUT2D eigenvalue weighted by Crippen LogP contribution is -1.90. The molecule has 1 N–H and O–H groups in total. The summed E-state index contributed by atoms with van der Waals surface area (Å²) in [4.78, 5) is 6.26. The minimum absolute atomic E-state index is 0.439. The lowest BCUT2D eigenvalue weighted by molar-refractivity contribution is 0.199. The molecule has 88 valence electrons. The first-order valence-corrected chi connectivity index (χ1v) is 6.83. The molecule has 2 rings (SSSR count). The molecule has 0 aliphatic rings. The van der Waals surface area contributed by atoms with E-state index in [-0.39, 0.29) is 0 Å². The molecule has 0 bridgehead atoms. The SMILES string of the molecule is CC(O)c1ccc(Sc2ccncc2)c(Br)c1. The van der Waals surface area contributed by atoms with Crippen LogP contribution in [0.3, 0.4) is 0 Å². The number of aliphatic hydroxyl groups excluding tert-OH is 1. The minimum Gasteiger partial charge on any atom is -0.389 e. The Kier molecular flexibility index (Phi) is 4.20. The van der Waals surface area contributed by atoms with Crippen molar-refractivity contribution in [3.63, 3.8) is 0 Å². The molecule has 0 fully saturated rings. The predicted octanol–water partition coefficient (Wildman–Crippen LogP) is 4.05. The van der Waals surface area contributed by atoms with Crippen molar-refractivity contribution in [3.05, 3.63) is 52.8 Å². The first-order chi connectivity index (χ1) is 8.16. The minimum atomic E-state index is -0.439. The second kappa shape index (κ2) is 5.67. The van der Waals surface area contributed by atoms with Crippen molar-refractivity contribution in [3.8, 4) is 0 Å². The summed E-state index contributed by atoms with van der Waals surface area (Å²) in [6.45, 7) is 1.76. The monoisotopic (exact) mass is 309 g/mol. The molecule has 1 heterocycles. The summed E-state index contributed by atoms with van der Waals surface area (Å²) >= 11 is 5.19. The molecule has 0 spiro atoms. The van der Waals surface area contributed by atoms with Crippen LogP contribution >= 0.6 is 27.7 Å². The van der Waals surface area contributed by atoms with E-state index < -0.39 is 6.10 Å². The fraction of sp³-hybridized carbons (Fsp3) is 0.154. The van der Waals surface area contributed by atoms with Crippen LogP contribution in [0.4, 0.5) is 0 Å². The van der Waals surface area contributed by atoms with E-state index in [4.69, 9.17) is 0 Å². The van der Waals surface area contributed by atoms with E-state index >= 15 is 0 Å². The van der Waals surface area contributed by atoms with Gasteiger partial charge in [0.15, 0.2) is 0 Å². The van der Waals surface area contributed by atoms with Crippen LogP contribution in [-0.2, 0) is 0 Å². The average molecular weight is 310 g/mol. The molecule has 17 heavy (non-hydrogen) atoms. The van der Waals surface area contributed by atoms with Crippen molar-refractivity contribution >= 4 is 27.7 Å². The molecular formula is C13H12BrNOS. The van der Waals surface area contributed by atoms with Gasteiger partial charge >= 0.3 is 0 Å². The van der Waals surface area contributed by atoms with E-state index in [0.29, 0.717) is 0 Å². The highest BCUT2D eigenvalue weighted by atomic mass is 79.9. The number of halogens is 1. The van der Waals surface area contributed by atoms with Crippen molar-refractivity contribution in [1.29, 1.82) is 0 Å². The summed E-state index contributed by atoms with van der Waals surface area (Å²) in [5, 5.41) is 9.49. The first-order valence-electron chi connectivity index (χ1n) is 5.22. The van der Waals surface area contributed by atoms with Crippen molar-refractivity contribution < 1.29 is 5.11 Å². The number of aromatic nitrogens is 1. The fourth-order valence-corrected chi connectivity index (χ4v) is 2.84. The lowest BCUT2D eigenvalue weighted by Gasteiger charge is -2.08. The van der Waals surface area contributed by atoms with Gasteiger partial charge in [-0.05, 0) is 52.7 Å². The van der Waals surface area contributed by atoms with Gasteiger partial charge in [-0.1, -0.05) is 17.8 Å². The Morgan fingerprint density at radius 2 is 1.94 bits per heavy atom. The van der Waals surface area contributed by atoms with Crippen molar-refractivity contribution in [2.45, 2.75) is 22.8 Å². The Bertz CT molecular complexity index is 502. The van der Waals surface area contributed by atoms with Crippen LogP contribution in [0.5, 0.6) is 0 Å². The van der Waals surface area contributed by atoms with E-state index in [0.717, 1.165) is 19.8 Å². The van der Waals surface area contributed by atoms with Gasteiger partial charge in [0.2, 0.25) is 0 Å². The summed E-state index contributed by atoms with van der Waals surface area (Å²) in [6.07, 6.45) is 3.12. The Morgan fingerprint density at radius 3 is 2.53 bits per heavy atom. The highest BCUT2D eigenvalue weighted by Gasteiger charge is 2.06. The van der Waals surface area contributed by atoms with Gasteiger partial charge in [-0.25, -0.2) is 0 Å². The number of pyridine rings is 1. The first kappa shape index (κ1) is 12.6. The lowest BCUT2D eigenvalue weighted by atomic mass is 10.1. The van der Waals surface area contributed by atoms with Gasteiger partial charge in [0.05, 0.1) is 6.10 Å². The maximum Gasteiger partial charge on any atom is 0.0762 e. The number of hydrogen-bond donors (Lipinski definition) is 1. The van der Waals surface area contributed by atoms with Gasteiger partial charge in [-0.15, -0.1) is 0 Å². The number of nitrogens with zero attached hydrogens (tertiary/aromatic N) is 1. The highest BCUT2D eigenvalue weighted by Crippen LogP contribution is 2.34. The van der Waals surface area contributed by atoms with Gasteiger partial charge in [-0.3, -0.25) is 4.98 Å². The third kappa shape index (κ3) is 3.31. The van der Waals surface area contributed by atoms with Crippen LogP contribution < -0.4 is 0 Å². The zero-order chi connectivity index (χ0) is 12.3. The topological polar surface area (TPSA) is 33.1 Å². The molecule has 0 radical (unpaired) electrons. The van der Waals surface area contributed by atoms with E-state index in [2.05, 4.69) is 20.9 Å². The van der Waals surface area contributed by atoms with Gasteiger partial charge in [0.1, 0.15) is 0 Å². The van der Waals surface area contributed by atoms with Gasteiger partial charge in [0, 0.05) is 26.7 Å². The Morgan fingerprint density at radius 1 is 1.24 bits per heavy atom. The van der Waals surface area contributed by atoms with Crippen LogP contribution in [0.15, 0.2) is 57.0 Å². The molecule has 2 nitrogen and oxygen atoms in total. The average Bonchev–Trinajstić information content (AvgIpc) is 2.33. The zero-order valence-corrected chi connectivity index (χ0v) is 11.7. The molecular weight excluding hydrogens is 298 g/mol. The van der Waals surface area contributed by atoms with E-state index in [1.165, 1.54) is 0 Å². The second-order valence-corrected chi connectivity index (χ2v) is 5.62. The summed E-state index contributed by atoms with van der Waals surface area (Å²) in [5.41, 5.74) is 0.913. The summed E-state index contributed by atoms with van der Waals surface area (Å²) in [6, 6.07) is 9.85. The molecule has 1 unspecified atom stereocenters. The molecule has 1 aromatic carbocycles. The van der Waals surface area contributed by atoms with Gasteiger partial charge in [-0.2, -0.15) is 0 Å². The molecule has 0 aliphatic heterocycles. The number of benzene rings is 1. The smallest absolute Gasteiger partial charge is 0.0762 e. The number of rotatable bonds is 3. The van der Waals surface area contributed by atoms with Crippen molar-refractivity contribution in [2.75, 3.05) is 0 Å². The standard InChI is InChI=1S/C13H12BrNOS/c1-9(16)10-2-3-13(12(14)8-10)17-11-4-6-15-7-5-11/h2-9,16H,1H3. The van der Waals surface area contributed by atoms with Crippen molar-refractivity contribution in [1.82, 2.24) is 4.98 Å². The maximum absolute atomic E-state index is 9.49. The number of hydrogen-bond acceptors (Lipinski definition) is 3. The zero-order valence-electron chi connectivity index (χ0n) is 9.30. The summed E-state index contributed by atoms with van der Waals surface area (Å²) < 4.78 is 0.998. The van der Waals surface area contributed by atoms with Crippen LogP contribution in [0.1, 0.15) is 18.6 Å². The molecule has 0 saturated carbocycles. The third-order valence-corrected chi connectivity index (χ3v) is 4.32. The van der Waals surface area contributed by atoms with Crippen LogP contribution in [0, 0.1) is 0 Å². The summed E-state index contributed by atoms with van der Waals surface area (Å²) in [5.74, 6) is 0. The second-order valence-electron chi connectivity index (χ2n) is 3.65. The Labute approximate surface area is 113 Å². The molecule has 1 atom stereocenters. The molecule has 0 saturated heterocycles. The van der Waals surface area contributed by atoms with Gasteiger partial charge in [0.25, 0.3) is 0 Å². The molecule has 0 aliphatic carbocycles. The highest BCUT2D eigenvalue weighted by molar-refractivity contribution is 9.10. The predicted molar refractivity (Wildman–Crippen MR) is 73.1 cm³/mol. The summed E-state index contributed by atoms with van der Waals surface area (Å²) in [7, 11) is 0. The maximum atomic E-state index is 9.49. The quantitative estimate of drug-likeness (QED) is 0.928. The van der Waals surface area contributed by atoms with Gasteiger partial charge < -0.3 is 5.11 Å². The van der Waals surface area contributed by atoms with Crippen LogP contribution in [0.2, 0.25) is 0 Å². The normalized spacial score (nSPS) is 12.4. The van der Waals surface area contributed by atoms with E-state index in [9.17, 15) is 5.11 Å². The van der Waals surface area contributed by atoms with Crippen molar-refractivity contribution in [2.24, 2.45) is 0 Å². The Hall–Kier alpha value is -0.840. The van der Waals surface area contributed by atoms with Crippen LogP contribution in [-0.4, -0.2) is 10.1 Å². The Balaban J connectivity index is 2.23. The van der Waals surface area contributed by atoms with E-state index in [1.807, 2.05) is 30.3 Å². The number of aliphatic hydroxyl groups is 1.